The number of imidazole rings is 1. The predicted molar refractivity (Wildman–Crippen MR) is 103 cm³/mol. The van der Waals surface area contributed by atoms with Gasteiger partial charge >= 0.3 is 0 Å². The first-order chi connectivity index (χ1) is 11.8. The van der Waals surface area contributed by atoms with Gasteiger partial charge in [-0.3, -0.25) is 9.38 Å². The molecule has 3 heterocycles. The van der Waals surface area contributed by atoms with Gasteiger partial charge in [0.15, 0.2) is 11.5 Å². The Labute approximate surface area is 152 Å². The van der Waals surface area contributed by atoms with Crippen molar-refractivity contribution >= 4 is 34.1 Å². The lowest BCUT2D eigenvalue weighted by Crippen LogP contribution is -2.05. The van der Waals surface area contributed by atoms with Crippen LogP contribution in [0.5, 0.6) is 0 Å². The zero-order chi connectivity index (χ0) is 16.4. The molecule has 4 aromatic rings. The maximum Gasteiger partial charge on any atom is 0.180 e. The lowest BCUT2D eigenvalue weighted by molar-refractivity contribution is 1.06. The Morgan fingerprint density at radius 3 is 2.62 bits per heavy atom. The van der Waals surface area contributed by atoms with Crippen molar-refractivity contribution in [1.29, 1.82) is 0 Å². The van der Waals surface area contributed by atoms with Crippen molar-refractivity contribution < 1.29 is 0 Å². The highest BCUT2D eigenvalue weighted by atomic mass is 127. The minimum Gasteiger partial charge on any atom is -0.363 e. The van der Waals surface area contributed by atoms with Gasteiger partial charge in [-0.15, -0.1) is 0 Å². The first-order valence-corrected chi connectivity index (χ1v) is 8.61. The number of nitrogens with one attached hydrogen (secondary N) is 1. The predicted octanol–water partition coefficient (Wildman–Crippen LogP) is 4.01. The smallest absolute Gasteiger partial charge is 0.180 e. The average molecular weight is 427 g/mol. The summed E-state index contributed by atoms with van der Waals surface area (Å²) in [5.41, 5.74) is 3.97. The van der Waals surface area contributed by atoms with E-state index >= 15 is 0 Å². The number of halogens is 1. The van der Waals surface area contributed by atoms with Crippen LogP contribution in [0, 0.1) is 3.70 Å². The third kappa shape index (κ3) is 2.96. The summed E-state index contributed by atoms with van der Waals surface area (Å²) in [4.78, 5) is 13.3. The van der Waals surface area contributed by atoms with Gasteiger partial charge in [0.2, 0.25) is 0 Å². The number of aromatic nitrogens is 4. The third-order valence-corrected chi connectivity index (χ3v) is 4.52. The van der Waals surface area contributed by atoms with Crippen LogP contribution >= 0.6 is 22.6 Å². The van der Waals surface area contributed by atoms with Gasteiger partial charge in [-0.05, 0) is 40.3 Å². The molecule has 3 aromatic heterocycles. The first-order valence-electron chi connectivity index (χ1n) is 7.53. The fourth-order valence-corrected chi connectivity index (χ4v) is 3.02. The van der Waals surface area contributed by atoms with Crippen LogP contribution in [0.2, 0.25) is 0 Å². The number of pyridine rings is 1. The lowest BCUT2D eigenvalue weighted by atomic mass is 10.2. The van der Waals surface area contributed by atoms with Crippen molar-refractivity contribution in [2.75, 3.05) is 5.32 Å². The maximum absolute atomic E-state index is 4.79. The van der Waals surface area contributed by atoms with E-state index in [-0.39, 0.29) is 0 Å². The van der Waals surface area contributed by atoms with Gasteiger partial charge in [-0.25, -0.2) is 9.97 Å². The van der Waals surface area contributed by atoms with Crippen molar-refractivity contribution in [2.45, 2.75) is 6.54 Å². The van der Waals surface area contributed by atoms with E-state index in [0.717, 1.165) is 32.0 Å². The molecule has 0 bridgehead atoms. The maximum atomic E-state index is 4.79. The van der Waals surface area contributed by atoms with E-state index in [1.807, 2.05) is 42.7 Å². The molecule has 1 aromatic carbocycles. The highest BCUT2D eigenvalue weighted by Gasteiger charge is 2.11. The Kier molecular flexibility index (Phi) is 4.12. The fraction of sp³-hybridized carbons (Fsp3) is 0.0556. The van der Waals surface area contributed by atoms with Gasteiger partial charge in [0.25, 0.3) is 0 Å². The molecule has 0 atom stereocenters. The van der Waals surface area contributed by atoms with Crippen molar-refractivity contribution in [3.8, 4) is 11.3 Å². The molecule has 5 nitrogen and oxygen atoms in total. The zero-order valence-electron chi connectivity index (χ0n) is 12.7. The molecule has 0 unspecified atom stereocenters. The van der Waals surface area contributed by atoms with Crippen LogP contribution in [0.3, 0.4) is 0 Å². The van der Waals surface area contributed by atoms with Crippen LogP contribution in [0.25, 0.3) is 16.9 Å². The minimum atomic E-state index is 0.673. The molecule has 0 radical (unpaired) electrons. The summed E-state index contributed by atoms with van der Waals surface area (Å²) >= 11 is 2.28. The van der Waals surface area contributed by atoms with Gasteiger partial charge in [0, 0.05) is 30.7 Å². The number of hydrogen-bond donors (Lipinski definition) is 1. The molecule has 0 aliphatic heterocycles. The summed E-state index contributed by atoms with van der Waals surface area (Å²) in [6, 6.07) is 14.1. The quantitative estimate of drug-likeness (QED) is 0.501. The SMILES string of the molecule is Ic1cnc2c(NCc3ccncc3)nc(-c3ccccc3)cn12. The second-order valence-corrected chi connectivity index (χ2v) is 6.43. The Hall–Kier alpha value is -2.48. The van der Waals surface area contributed by atoms with E-state index in [1.165, 1.54) is 0 Å². The Morgan fingerprint density at radius 2 is 1.83 bits per heavy atom. The standard InChI is InChI=1S/C18H14IN5/c19-16-11-22-18-17(21-10-13-6-8-20-9-7-13)23-15(12-24(16)18)14-4-2-1-3-5-14/h1-9,11-12H,10H2,(H,21,23). The van der Waals surface area contributed by atoms with Crippen LogP contribution in [0.1, 0.15) is 5.56 Å². The zero-order valence-corrected chi connectivity index (χ0v) is 14.9. The fourth-order valence-electron chi connectivity index (χ4n) is 2.51. The Bertz CT molecular complexity index is 967. The highest BCUT2D eigenvalue weighted by molar-refractivity contribution is 14.1. The summed E-state index contributed by atoms with van der Waals surface area (Å²) < 4.78 is 3.11. The number of anilines is 1. The average Bonchev–Trinajstić information content (AvgIpc) is 3.02. The number of nitrogens with zero attached hydrogens (tertiary/aromatic N) is 4. The van der Waals surface area contributed by atoms with Gasteiger partial charge in [0.1, 0.15) is 3.70 Å². The van der Waals surface area contributed by atoms with Gasteiger partial charge in [-0.2, -0.15) is 0 Å². The van der Waals surface area contributed by atoms with Crippen LogP contribution in [-0.2, 0) is 6.54 Å². The summed E-state index contributed by atoms with van der Waals surface area (Å²) in [5.74, 6) is 0.774. The molecule has 0 aliphatic carbocycles. The molecule has 118 valence electrons. The summed E-state index contributed by atoms with van der Waals surface area (Å²) in [5, 5.41) is 3.40. The second kappa shape index (κ2) is 6.56. The number of hydrogen-bond acceptors (Lipinski definition) is 4. The molecule has 0 aliphatic rings. The van der Waals surface area contributed by atoms with Crippen molar-refractivity contribution in [2.24, 2.45) is 0 Å². The Balaban J connectivity index is 1.76. The van der Waals surface area contributed by atoms with Gasteiger partial charge < -0.3 is 5.32 Å². The number of rotatable bonds is 4. The van der Waals surface area contributed by atoms with Crippen molar-refractivity contribution in [1.82, 2.24) is 19.4 Å². The summed E-state index contributed by atoms with van der Waals surface area (Å²) in [6.07, 6.45) is 7.46. The molecule has 0 saturated carbocycles. The van der Waals surface area contributed by atoms with E-state index in [1.54, 1.807) is 12.4 Å². The monoisotopic (exact) mass is 427 g/mol. The van der Waals surface area contributed by atoms with Crippen LogP contribution in [0.4, 0.5) is 5.82 Å². The number of benzene rings is 1. The van der Waals surface area contributed by atoms with Crippen LogP contribution in [0.15, 0.2) is 67.3 Å². The van der Waals surface area contributed by atoms with Gasteiger partial charge in [0.05, 0.1) is 11.9 Å². The first kappa shape index (κ1) is 15.1. The highest BCUT2D eigenvalue weighted by Crippen LogP contribution is 2.24. The molecule has 4 rings (SSSR count). The normalized spacial score (nSPS) is 10.9. The lowest BCUT2D eigenvalue weighted by Gasteiger charge is -2.10. The molecule has 24 heavy (non-hydrogen) atoms. The largest absolute Gasteiger partial charge is 0.363 e. The van der Waals surface area contributed by atoms with E-state index in [2.05, 4.69) is 54.4 Å². The van der Waals surface area contributed by atoms with E-state index in [4.69, 9.17) is 4.98 Å². The summed E-state index contributed by atoms with van der Waals surface area (Å²) in [6.45, 7) is 0.673. The third-order valence-electron chi connectivity index (χ3n) is 3.73. The molecule has 0 spiro atoms. The molecule has 0 amide bonds. The summed E-state index contributed by atoms with van der Waals surface area (Å²) in [7, 11) is 0. The van der Waals surface area contributed by atoms with Crippen LogP contribution < -0.4 is 5.32 Å². The van der Waals surface area contributed by atoms with E-state index in [0.29, 0.717) is 6.54 Å². The second-order valence-electron chi connectivity index (χ2n) is 5.32. The molecule has 1 N–H and O–H groups in total. The minimum absolute atomic E-state index is 0.673. The molecular formula is C18H14IN5. The van der Waals surface area contributed by atoms with E-state index < -0.39 is 0 Å². The Morgan fingerprint density at radius 1 is 1.04 bits per heavy atom. The number of fused-ring (bicyclic) bond motifs is 1. The molecular weight excluding hydrogens is 413 g/mol. The molecule has 0 fully saturated rings. The van der Waals surface area contributed by atoms with Crippen LogP contribution in [-0.4, -0.2) is 19.4 Å². The van der Waals surface area contributed by atoms with Gasteiger partial charge in [-0.1, -0.05) is 30.3 Å². The molecule has 6 heteroatoms. The van der Waals surface area contributed by atoms with Crippen molar-refractivity contribution in [3.05, 3.63) is 76.5 Å². The molecule has 0 saturated heterocycles. The van der Waals surface area contributed by atoms with Crippen molar-refractivity contribution in [3.63, 3.8) is 0 Å². The topological polar surface area (TPSA) is 55.1 Å². The van der Waals surface area contributed by atoms with E-state index in [9.17, 15) is 0 Å².